The summed E-state index contributed by atoms with van der Waals surface area (Å²) in [5, 5.41) is 3.00. The van der Waals surface area contributed by atoms with Crippen molar-refractivity contribution < 1.29 is 13.2 Å². The third kappa shape index (κ3) is 4.77. The highest BCUT2D eigenvalue weighted by molar-refractivity contribution is 8.00. The fourth-order valence-electron chi connectivity index (χ4n) is 2.95. The lowest BCUT2D eigenvalue weighted by molar-refractivity contribution is -0.138. The molecule has 2 nitrogen and oxygen atoms in total. The molecule has 2 aromatic rings. The summed E-state index contributed by atoms with van der Waals surface area (Å²) in [5.41, 5.74) is 0. The van der Waals surface area contributed by atoms with Gasteiger partial charge in [0.15, 0.2) is 0 Å². The Morgan fingerprint density at radius 2 is 2.12 bits per heavy atom. The van der Waals surface area contributed by atoms with E-state index in [0.717, 1.165) is 35.1 Å². The van der Waals surface area contributed by atoms with Crippen LogP contribution in [-0.4, -0.2) is 40.9 Å². The van der Waals surface area contributed by atoms with Gasteiger partial charge in [0.2, 0.25) is 0 Å². The van der Waals surface area contributed by atoms with Crippen LogP contribution in [-0.2, 0) is 0 Å². The Bertz CT molecular complexity index is 708. The molecule has 1 unspecified atom stereocenters. The normalized spacial score (nSPS) is 19.8. The number of rotatable bonds is 4. The van der Waals surface area contributed by atoms with Crippen LogP contribution in [0.2, 0.25) is 5.02 Å². The van der Waals surface area contributed by atoms with Crippen LogP contribution in [0.3, 0.4) is 0 Å². The minimum absolute atomic E-state index is 0.0810. The zero-order chi connectivity index (χ0) is 17.2. The number of hydrogen-bond acceptors (Lipinski definition) is 3. The van der Waals surface area contributed by atoms with E-state index in [9.17, 15) is 13.2 Å². The summed E-state index contributed by atoms with van der Waals surface area (Å²) in [5.74, 6) is 0. The molecular formula is C17H18ClF3N2S. The highest BCUT2D eigenvalue weighted by Gasteiger charge is 2.29. The third-order valence-electron chi connectivity index (χ3n) is 4.16. The van der Waals surface area contributed by atoms with Crippen molar-refractivity contribution in [2.75, 3.05) is 19.6 Å². The van der Waals surface area contributed by atoms with E-state index in [1.807, 2.05) is 23.1 Å². The van der Waals surface area contributed by atoms with E-state index >= 15 is 0 Å². The monoisotopic (exact) mass is 374 g/mol. The Kier molecular flexibility index (Phi) is 5.57. The molecule has 0 amide bonds. The van der Waals surface area contributed by atoms with Gasteiger partial charge in [-0.2, -0.15) is 13.2 Å². The number of benzene rings is 1. The quantitative estimate of drug-likeness (QED) is 0.713. The van der Waals surface area contributed by atoms with Gasteiger partial charge in [-0.05, 0) is 43.0 Å². The molecule has 1 saturated heterocycles. The molecule has 3 rings (SSSR count). The van der Waals surface area contributed by atoms with Crippen molar-refractivity contribution in [3.05, 3.63) is 35.6 Å². The molecule has 7 heteroatoms. The van der Waals surface area contributed by atoms with Gasteiger partial charge in [-0.1, -0.05) is 11.6 Å². The van der Waals surface area contributed by atoms with E-state index < -0.39 is 12.6 Å². The first-order chi connectivity index (χ1) is 11.4. The summed E-state index contributed by atoms with van der Waals surface area (Å²) in [6, 6.07) is 5.88. The van der Waals surface area contributed by atoms with Crippen LogP contribution in [0.4, 0.5) is 13.2 Å². The summed E-state index contributed by atoms with van der Waals surface area (Å²) in [7, 11) is 0. The van der Waals surface area contributed by atoms with Gasteiger partial charge in [0.05, 0.1) is 11.4 Å². The van der Waals surface area contributed by atoms with Crippen molar-refractivity contribution in [1.29, 1.82) is 0 Å². The second kappa shape index (κ2) is 7.50. The van der Waals surface area contributed by atoms with E-state index in [2.05, 4.69) is 4.98 Å². The van der Waals surface area contributed by atoms with Crippen molar-refractivity contribution >= 4 is 34.1 Å². The van der Waals surface area contributed by atoms with Gasteiger partial charge in [0, 0.05) is 41.0 Å². The lowest BCUT2D eigenvalue weighted by Crippen LogP contribution is -2.38. The van der Waals surface area contributed by atoms with E-state index in [1.54, 1.807) is 24.2 Å². The van der Waals surface area contributed by atoms with Gasteiger partial charge >= 0.3 is 6.18 Å². The largest absolute Gasteiger partial charge is 0.390 e. The van der Waals surface area contributed by atoms with Crippen LogP contribution >= 0.6 is 23.4 Å². The molecule has 1 aliphatic heterocycles. The lowest BCUT2D eigenvalue weighted by Gasteiger charge is -2.32. The first-order valence-electron chi connectivity index (χ1n) is 7.90. The molecule has 1 aromatic heterocycles. The number of fused-ring (bicyclic) bond motifs is 1. The number of nitrogens with zero attached hydrogens (tertiary/aromatic N) is 2. The zero-order valence-corrected chi connectivity index (χ0v) is 14.6. The minimum atomic E-state index is -4.09. The van der Waals surface area contributed by atoms with Crippen LogP contribution in [0.15, 0.2) is 35.5 Å². The SMILES string of the molecule is FC(F)(F)CCN1CCCC(Sc2cc3ccncc3cc2Cl)C1. The second-order valence-corrected chi connectivity index (χ2v) is 7.80. The Labute approximate surface area is 148 Å². The number of alkyl halides is 3. The topological polar surface area (TPSA) is 16.1 Å². The van der Waals surface area contributed by atoms with E-state index in [-0.39, 0.29) is 11.8 Å². The van der Waals surface area contributed by atoms with Crippen molar-refractivity contribution in [1.82, 2.24) is 9.88 Å². The fourth-order valence-corrected chi connectivity index (χ4v) is 4.56. The maximum absolute atomic E-state index is 12.4. The Balaban J connectivity index is 1.66. The first-order valence-corrected chi connectivity index (χ1v) is 9.15. The minimum Gasteiger partial charge on any atom is -0.302 e. The Morgan fingerprint density at radius 3 is 2.92 bits per heavy atom. The molecular weight excluding hydrogens is 357 g/mol. The molecule has 0 spiro atoms. The summed E-state index contributed by atoms with van der Waals surface area (Å²) in [4.78, 5) is 6.98. The smallest absolute Gasteiger partial charge is 0.302 e. The molecule has 0 saturated carbocycles. The Morgan fingerprint density at radius 1 is 1.29 bits per heavy atom. The van der Waals surface area contributed by atoms with E-state index in [1.165, 1.54) is 0 Å². The average Bonchev–Trinajstić information content (AvgIpc) is 2.53. The average molecular weight is 375 g/mol. The van der Waals surface area contributed by atoms with Gasteiger partial charge in [0.1, 0.15) is 0 Å². The fraction of sp³-hybridized carbons (Fsp3) is 0.471. The number of hydrogen-bond donors (Lipinski definition) is 0. The van der Waals surface area contributed by atoms with Crippen molar-refractivity contribution in [3.8, 4) is 0 Å². The molecule has 2 heterocycles. The predicted molar refractivity (Wildman–Crippen MR) is 92.7 cm³/mol. The van der Waals surface area contributed by atoms with Gasteiger partial charge < -0.3 is 4.90 Å². The summed E-state index contributed by atoms with van der Waals surface area (Å²) in [6.07, 6.45) is 0.603. The highest BCUT2D eigenvalue weighted by atomic mass is 35.5. The van der Waals surface area contributed by atoms with Gasteiger partial charge in [-0.15, -0.1) is 11.8 Å². The number of aromatic nitrogens is 1. The van der Waals surface area contributed by atoms with Gasteiger partial charge in [-0.3, -0.25) is 4.98 Å². The van der Waals surface area contributed by atoms with Crippen molar-refractivity contribution in [3.63, 3.8) is 0 Å². The zero-order valence-electron chi connectivity index (χ0n) is 13.0. The lowest BCUT2D eigenvalue weighted by atomic mass is 10.1. The van der Waals surface area contributed by atoms with Crippen LogP contribution in [0, 0.1) is 0 Å². The molecule has 0 aliphatic carbocycles. The summed E-state index contributed by atoms with van der Waals surface area (Å²) in [6.45, 7) is 1.49. The maximum atomic E-state index is 12.4. The number of thioether (sulfide) groups is 1. The van der Waals surface area contributed by atoms with E-state index in [4.69, 9.17) is 11.6 Å². The van der Waals surface area contributed by atoms with Crippen molar-refractivity contribution in [2.45, 2.75) is 35.6 Å². The van der Waals surface area contributed by atoms with Crippen molar-refractivity contribution in [2.24, 2.45) is 0 Å². The number of likely N-dealkylation sites (tertiary alicyclic amines) is 1. The molecule has 0 radical (unpaired) electrons. The first kappa shape index (κ1) is 17.8. The molecule has 1 aromatic carbocycles. The molecule has 1 fully saturated rings. The summed E-state index contributed by atoms with van der Waals surface area (Å²) >= 11 is 8.04. The second-order valence-electron chi connectivity index (χ2n) is 6.05. The predicted octanol–water partition coefficient (Wildman–Crippen LogP) is 5.40. The number of halogens is 4. The molecule has 130 valence electrons. The van der Waals surface area contributed by atoms with Gasteiger partial charge in [-0.25, -0.2) is 0 Å². The molecule has 1 aliphatic rings. The van der Waals surface area contributed by atoms with E-state index in [0.29, 0.717) is 11.6 Å². The maximum Gasteiger partial charge on any atom is 0.390 e. The molecule has 24 heavy (non-hydrogen) atoms. The standard InChI is InChI=1S/C17H18ClF3N2S/c18-15-8-13-10-22-5-3-12(13)9-16(15)24-14-2-1-6-23(11-14)7-4-17(19,20)21/h3,5,8-10,14H,1-2,4,6-7,11H2. The molecule has 0 N–H and O–H groups in total. The van der Waals surface area contributed by atoms with Crippen LogP contribution in [0.5, 0.6) is 0 Å². The van der Waals surface area contributed by atoms with Crippen LogP contribution in [0.25, 0.3) is 10.8 Å². The Hall–Kier alpha value is -0.980. The third-order valence-corrected chi connectivity index (χ3v) is 5.89. The number of piperidine rings is 1. The van der Waals surface area contributed by atoms with Crippen LogP contribution < -0.4 is 0 Å². The van der Waals surface area contributed by atoms with Crippen LogP contribution in [0.1, 0.15) is 19.3 Å². The summed E-state index contributed by atoms with van der Waals surface area (Å²) < 4.78 is 37.2. The molecule has 1 atom stereocenters. The number of pyridine rings is 1. The highest BCUT2D eigenvalue weighted by Crippen LogP contribution is 2.36. The molecule has 0 bridgehead atoms. The van der Waals surface area contributed by atoms with Gasteiger partial charge in [0.25, 0.3) is 0 Å².